The zero-order valence-corrected chi connectivity index (χ0v) is 12.7. The minimum Gasteiger partial charge on any atom is -0.147 e. The molecular formula is C8H20Cl3O2Ti. The van der Waals surface area contributed by atoms with Gasteiger partial charge < -0.3 is 0 Å². The summed E-state index contributed by atoms with van der Waals surface area (Å²) in [7, 11) is 0. The van der Waals surface area contributed by atoms with Crippen molar-refractivity contribution < 1.29 is 28.9 Å². The summed E-state index contributed by atoms with van der Waals surface area (Å²) in [5.74, 6) is 0. The Kier molecular flexibility index (Phi) is 35.2. The van der Waals surface area contributed by atoms with Crippen molar-refractivity contribution in [3.63, 3.8) is 0 Å². The van der Waals surface area contributed by atoms with E-state index in [2.05, 4.69) is 6.92 Å². The first-order valence-electron chi connectivity index (χ1n) is 4.25. The molecule has 0 heterocycles. The second kappa shape index (κ2) is 20.0. The van der Waals surface area contributed by atoms with Crippen LogP contribution >= 0.6 is 37.2 Å². The van der Waals surface area contributed by atoms with Crippen LogP contribution in [-0.4, -0.2) is 19.3 Å². The Morgan fingerprint density at radius 3 is 2.07 bits per heavy atom. The van der Waals surface area contributed by atoms with Crippen LogP contribution in [-0.2, 0) is 28.9 Å². The Morgan fingerprint density at radius 1 is 1.14 bits per heavy atom. The molecule has 0 spiro atoms. The summed E-state index contributed by atoms with van der Waals surface area (Å²) >= 11 is 1.72. The fourth-order valence-corrected chi connectivity index (χ4v) is 1.27. The number of ether oxygens (including phenoxy) is 1. The largest absolute Gasteiger partial charge is 0.147 e. The van der Waals surface area contributed by atoms with Gasteiger partial charge >= 0.3 is 81.3 Å². The predicted octanol–water partition coefficient (Wildman–Crippen LogP) is 3.33. The second-order valence-corrected chi connectivity index (χ2v) is 2.98. The van der Waals surface area contributed by atoms with Crippen molar-refractivity contribution >= 4 is 37.2 Å². The molecular weight excluding hydrogens is 282 g/mol. The molecule has 0 N–H and O–H groups in total. The molecule has 0 radical (unpaired) electrons. The number of halogens is 3. The number of hydrogen-bond acceptors (Lipinski definition) is 2. The van der Waals surface area contributed by atoms with E-state index in [1.165, 1.54) is 12.8 Å². The predicted molar refractivity (Wildman–Crippen MR) is 62.6 cm³/mol. The van der Waals surface area contributed by atoms with Gasteiger partial charge in [-0.05, 0) is 0 Å². The van der Waals surface area contributed by atoms with Crippen LogP contribution in [0, 0.1) is 0 Å². The molecule has 0 aromatic rings. The maximum absolute atomic E-state index is 5.46. The van der Waals surface area contributed by atoms with Crippen molar-refractivity contribution in [2.75, 3.05) is 13.2 Å². The van der Waals surface area contributed by atoms with Gasteiger partial charge in [0.25, 0.3) is 0 Å². The van der Waals surface area contributed by atoms with Gasteiger partial charge in [-0.15, -0.1) is 37.2 Å². The van der Waals surface area contributed by atoms with Gasteiger partial charge in [-0.1, -0.05) is 0 Å². The Balaban J connectivity index is -0.000000167. The zero-order valence-electron chi connectivity index (χ0n) is 8.65. The molecule has 0 bridgehead atoms. The standard InChI is InChI=1S/C8H17O2.3ClH.Ti/c1-3-5-6-8(7-9)10-4-2;;;;/h8H,3-7H2,1-2H3;3*1H;/q-1;;;;+1. The van der Waals surface area contributed by atoms with Gasteiger partial charge in [0, 0.05) is 0 Å². The Hall–Kier alpha value is 1.50. The monoisotopic (exact) mass is 301 g/mol. The third kappa shape index (κ3) is 16.0. The summed E-state index contributed by atoms with van der Waals surface area (Å²) in [5.41, 5.74) is 0. The van der Waals surface area contributed by atoms with Gasteiger partial charge in [-0.2, -0.15) is 0 Å². The van der Waals surface area contributed by atoms with E-state index in [0.29, 0.717) is 6.10 Å². The summed E-state index contributed by atoms with van der Waals surface area (Å²) in [4.78, 5) is 0. The first-order valence-corrected chi connectivity index (χ1v) is 4.89. The van der Waals surface area contributed by atoms with E-state index in [9.17, 15) is 0 Å². The van der Waals surface area contributed by atoms with E-state index in [4.69, 9.17) is 8.06 Å². The molecule has 0 aliphatic carbocycles. The van der Waals surface area contributed by atoms with Crippen LogP contribution in [0.15, 0.2) is 0 Å². The summed E-state index contributed by atoms with van der Waals surface area (Å²) in [6.45, 7) is 5.73. The van der Waals surface area contributed by atoms with E-state index in [1.54, 1.807) is 20.8 Å². The van der Waals surface area contributed by atoms with Crippen LogP contribution in [0.3, 0.4) is 0 Å². The van der Waals surface area contributed by atoms with Crippen molar-refractivity contribution in [3.05, 3.63) is 0 Å². The number of hydrogen-bond donors (Lipinski definition) is 0. The Labute approximate surface area is 118 Å². The minimum absolute atomic E-state index is 0. The van der Waals surface area contributed by atoms with Crippen molar-refractivity contribution in [2.45, 2.75) is 39.2 Å². The molecule has 1 atom stereocenters. The van der Waals surface area contributed by atoms with Crippen LogP contribution in [0.2, 0.25) is 0 Å². The molecule has 0 aliphatic rings. The van der Waals surface area contributed by atoms with Gasteiger partial charge in [-0.25, -0.2) is 0 Å². The third-order valence-electron chi connectivity index (χ3n) is 1.55. The van der Waals surface area contributed by atoms with Gasteiger partial charge in [-0.3, -0.25) is 0 Å². The summed E-state index contributed by atoms with van der Waals surface area (Å²) in [6.07, 6.45) is 3.89. The Morgan fingerprint density at radius 2 is 1.71 bits per heavy atom. The third-order valence-corrected chi connectivity index (χ3v) is 1.81. The molecule has 14 heavy (non-hydrogen) atoms. The molecule has 1 unspecified atom stereocenters. The molecule has 0 amide bonds. The van der Waals surface area contributed by atoms with Crippen molar-refractivity contribution in [2.24, 2.45) is 0 Å². The van der Waals surface area contributed by atoms with Crippen LogP contribution in [0.4, 0.5) is 0 Å². The molecule has 0 fully saturated rings. The smallest absolute Gasteiger partial charge is 0.147 e. The Bertz CT molecular complexity index is 83.0. The summed E-state index contributed by atoms with van der Waals surface area (Å²) in [6, 6.07) is 0. The molecule has 89 valence electrons. The van der Waals surface area contributed by atoms with Crippen LogP contribution in [0.25, 0.3) is 0 Å². The van der Waals surface area contributed by atoms with E-state index in [1.807, 2.05) is 6.92 Å². The van der Waals surface area contributed by atoms with Gasteiger partial charge in [0.1, 0.15) is 0 Å². The fourth-order valence-electron chi connectivity index (χ4n) is 0.975. The molecule has 0 aromatic heterocycles. The van der Waals surface area contributed by atoms with Gasteiger partial charge in [0.15, 0.2) is 0 Å². The normalized spacial score (nSPS) is 10.4. The molecule has 0 saturated heterocycles. The molecule has 0 saturated carbocycles. The maximum atomic E-state index is 5.46. The average molecular weight is 302 g/mol. The van der Waals surface area contributed by atoms with Crippen LogP contribution in [0.1, 0.15) is 33.1 Å². The fraction of sp³-hybridized carbons (Fsp3) is 1.00. The van der Waals surface area contributed by atoms with Gasteiger partial charge in [0.05, 0.1) is 0 Å². The summed E-state index contributed by atoms with van der Waals surface area (Å²) in [5, 5.41) is 0. The summed E-state index contributed by atoms with van der Waals surface area (Å²) < 4.78 is 10.5. The molecule has 6 heteroatoms. The molecule has 0 aliphatic heterocycles. The average Bonchev–Trinajstić information content (AvgIpc) is 2.01. The quantitative estimate of drug-likeness (QED) is 0.672. The second-order valence-electron chi connectivity index (χ2n) is 2.53. The van der Waals surface area contributed by atoms with Crippen molar-refractivity contribution in [1.82, 2.24) is 0 Å². The molecule has 0 aromatic carbocycles. The zero-order chi connectivity index (χ0) is 8.53. The van der Waals surface area contributed by atoms with Crippen LogP contribution in [0.5, 0.6) is 0 Å². The maximum Gasteiger partial charge on any atom is -0.147 e. The van der Waals surface area contributed by atoms with Gasteiger partial charge in [0.2, 0.25) is 0 Å². The van der Waals surface area contributed by atoms with E-state index in [-0.39, 0.29) is 37.2 Å². The van der Waals surface area contributed by atoms with Crippen molar-refractivity contribution in [1.29, 1.82) is 0 Å². The topological polar surface area (TPSA) is 18.5 Å². The van der Waals surface area contributed by atoms with Crippen molar-refractivity contribution in [3.8, 4) is 0 Å². The van der Waals surface area contributed by atoms with E-state index < -0.39 is 0 Å². The molecule has 2 nitrogen and oxygen atoms in total. The minimum atomic E-state index is 0. The number of unbranched alkanes of at least 4 members (excludes halogenated alkanes) is 1. The van der Waals surface area contributed by atoms with E-state index >= 15 is 0 Å². The molecule has 0 rings (SSSR count). The SMILES string of the molecule is CCCCC(C[O][Ti])OCC.Cl.Cl.Cl. The first-order chi connectivity index (χ1) is 5.35. The van der Waals surface area contributed by atoms with Crippen LogP contribution < -0.4 is 0 Å². The first kappa shape index (κ1) is 24.6. The number of rotatable bonds is 7. The van der Waals surface area contributed by atoms with E-state index in [0.717, 1.165) is 19.6 Å².